The smallest absolute Gasteiger partial charge is 0.258 e. The summed E-state index contributed by atoms with van der Waals surface area (Å²) >= 11 is 0. The van der Waals surface area contributed by atoms with Crippen LogP contribution in [-0.4, -0.2) is 22.0 Å². The van der Waals surface area contributed by atoms with Gasteiger partial charge in [-0.15, -0.1) is 0 Å². The largest absolute Gasteiger partial charge is 0.377 e. The summed E-state index contributed by atoms with van der Waals surface area (Å²) in [4.78, 5) is 3.96. The number of rotatable bonds is 5. The summed E-state index contributed by atoms with van der Waals surface area (Å²) in [6.45, 7) is 2.14. The molecule has 18 heavy (non-hydrogen) atoms. The van der Waals surface area contributed by atoms with Gasteiger partial charge in [0.15, 0.2) is 0 Å². The van der Waals surface area contributed by atoms with E-state index < -0.39 is 12.5 Å². The zero-order chi connectivity index (χ0) is 13.0. The molecule has 1 N–H and O–H groups in total. The summed E-state index contributed by atoms with van der Waals surface area (Å²) in [5, 5.41) is 2.79. The van der Waals surface area contributed by atoms with Gasteiger partial charge < -0.3 is 9.88 Å². The van der Waals surface area contributed by atoms with Crippen molar-refractivity contribution in [2.75, 3.05) is 5.32 Å². The SMILES string of the molecule is CC(Nc1cccc(Cn2ccnc2)c1)C(F)F. The van der Waals surface area contributed by atoms with Crippen LogP contribution in [0.25, 0.3) is 0 Å². The predicted octanol–water partition coefficient (Wildman–Crippen LogP) is 3.00. The normalized spacial score (nSPS) is 12.7. The molecule has 0 bridgehead atoms. The number of anilines is 1. The van der Waals surface area contributed by atoms with Crippen molar-refractivity contribution in [2.45, 2.75) is 25.9 Å². The highest BCUT2D eigenvalue weighted by Crippen LogP contribution is 2.15. The van der Waals surface area contributed by atoms with E-state index in [9.17, 15) is 8.78 Å². The van der Waals surface area contributed by atoms with Crippen LogP contribution in [0.15, 0.2) is 43.0 Å². The third-order valence-corrected chi connectivity index (χ3v) is 2.62. The topological polar surface area (TPSA) is 29.9 Å². The van der Waals surface area contributed by atoms with Crippen LogP contribution in [0, 0.1) is 0 Å². The van der Waals surface area contributed by atoms with Gasteiger partial charge in [-0.3, -0.25) is 0 Å². The molecule has 0 amide bonds. The van der Waals surface area contributed by atoms with Gasteiger partial charge in [-0.25, -0.2) is 13.8 Å². The molecule has 0 saturated carbocycles. The summed E-state index contributed by atoms with van der Waals surface area (Å²) in [5.74, 6) is 0. The quantitative estimate of drug-likeness (QED) is 0.885. The molecule has 5 heteroatoms. The average molecular weight is 251 g/mol. The molecule has 0 aliphatic rings. The van der Waals surface area contributed by atoms with Gasteiger partial charge in [0.05, 0.1) is 12.4 Å². The summed E-state index contributed by atoms with van der Waals surface area (Å²) < 4.78 is 26.8. The first-order chi connectivity index (χ1) is 8.65. The van der Waals surface area contributed by atoms with E-state index in [1.165, 1.54) is 6.92 Å². The van der Waals surface area contributed by atoms with Crippen molar-refractivity contribution in [3.63, 3.8) is 0 Å². The Morgan fingerprint density at radius 1 is 1.39 bits per heavy atom. The molecule has 1 unspecified atom stereocenters. The zero-order valence-electron chi connectivity index (χ0n) is 10.1. The molecule has 0 aliphatic carbocycles. The maximum absolute atomic E-state index is 12.4. The van der Waals surface area contributed by atoms with Crippen LogP contribution in [0.4, 0.5) is 14.5 Å². The highest BCUT2D eigenvalue weighted by Gasteiger charge is 2.13. The lowest BCUT2D eigenvalue weighted by Crippen LogP contribution is -2.23. The fourth-order valence-electron chi connectivity index (χ4n) is 1.68. The molecule has 0 fully saturated rings. The molecular weight excluding hydrogens is 236 g/mol. The second-order valence-electron chi connectivity index (χ2n) is 4.20. The lowest BCUT2D eigenvalue weighted by atomic mass is 10.2. The number of halogens is 2. The zero-order valence-corrected chi connectivity index (χ0v) is 10.1. The maximum atomic E-state index is 12.4. The van der Waals surface area contributed by atoms with E-state index in [1.54, 1.807) is 18.6 Å². The van der Waals surface area contributed by atoms with Crippen LogP contribution >= 0.6 is 0 Å². The number of nitrogens with zero attached hydrogens (tertiary/aromatic N) is 2. The van der Waals surface area contributed by atoms with Crippen molar-refractivity contribution in [1.82, 2.24) is 9.55 Å². The summed E-state index contributed by atoms with van der Waals surface area (Å²) in [6.07, 6.45) is 2.92. The van der Waals surface area contributed by atoms with Gasteiger partial charge in [0.25, 0.3) is 6.43 Å². The van der Waals surface area contributed by atoms with Crippen molar-refractivity contribution in [2.24, 2.45) is 0 Å². The van der Waals surface area contributed by atoms with E-state index >= 15 is 0 Å². The average Bonchev–Trinajstić information content (AvgIpc) is 2.82. The summed E-state index contributed by atoms with van der Waals surface area (Å²) in [7, 11) is 0. The van der Waals surface area contributed by atoms with Gasteiger partial charge in [0.1, 0.15) is 0 Å². The Bertz CT molecular complexity index is 483. The van der Waals surface area contributed by atoms with Gasteiger partial charge in [-0.1, -0.05) is 12.1 Å². The van der Waals surface area contributed by atoms with Gasteiger partial charge in [-0.05, 0) is 24.6 Å². The third-order valence-electron chi connectivity index (χ3n) is 2.62. The van der Waals surface area contributed by atoms with Crippen LogP contribution in [-0.2, 0) is 6.54 Å². The summed E-state index contributed by atoms with van der Waals surface area (Å²) in [5.41, 5.74) is 1.75. The van der Waals surface area contributed by atoms with Crippen LogP contribution in [0.1, 0.15) is 12.5 Å². The van der Waals surface area contributed by atoms with Crippen molar-refractivity contribution in [3.05, 3.63) is 48.5 Å². The van der Waals surface area contributed by atoms with Crippen molar-refractivity contribution in [3.8, 4) is 0 Å². The first-order valence-corrected chi connectivity index (χ1v) is 5.74. The van der Waals surface area contributed by atoms with Gasteiger partial charge >= 0.3 is 0 Å². The number of nitrogens with one attached hydrogen (secondary N) is 1. The number of alkyl halides is 2. The monoisotopic (exact) mass is 251 g/mol. The van der Waals surface area contributed by atoms with Crippen molar-refractivity contribution >= 4 is 5.69 Å². The van der Waals surface area contributed by atoms with E-state index in [1.807, 2.05) is 29.0 Å². The molecule has 2 rings (SSSR count). The number of imidazole rings is 1. The molecule has 0 aliphatic heterocycles. The summed E-state index contributed by atoms with van der Waals surface area (Å²) in [6, 6.07) is 6.62. The van der Waals surface area contributed by atoms with E-state index in [0.717, 1.165) is 5.56 Å². The highest BCUT2D eigenvalue weighted by molar-refractivity contribution is 5.46. The lowest BCUT2D eigenvalue weighted by Gasteiger charge is -2.15. The standard InChI is InChI=1S/C13H15F2N3/c1-10(13(14)15)17-12-4-2-3-11(7-12)8-18-6-5-16-9-18/h2-7,9-10,13,17H,8H2,1H3. The lowest BCUT2D eigenvalue weighted by molar-refractivity contribution is 0.131. The van der Waals surface area contributed by atoms with Gasteiger partial charge in [0.2, 0.25) is 0 Å². The Hall–Kier alpha value is -1.91. The minimum atomic E-state index is -2.37. The van der Waals surface area contributed by atoms with E-state index in [0.29, 0.717) is 12.2 Å². The van der Waals surface area contributed by atoms with Gasteiger partial charge in [-0.2, -0.15) is 0 Å². The Morgan fingerprint density at radius 3 is 2.89 bits per heavy atom. The number of hydrogen-bond donors (Lipinski definition) is 1. The molecule has 2 aromatic rings. The molecule has 0 spiro atoms. The van der Waals surface area contributed by atoms with E-state index in [4.69, 9.17) is 0 Å². The van der Waals surface area contributed by atoms with Crippen LogP contribution in [0.3, 0.4) is 0 Å². The molecule has 96 valence electrons. The minimum Gasteiger partial charge on any atom is -0.377 e. The Morgan fingerprint density at radius 2 is 2.22 bits per heavy atom. The Labute approximate surface area is 104 Å². The highest BCUT2D eigenvalue weighted by atomic mass is 19.3. The molecule has 1 aromatic heterocycles. The number of aromatic nitrogens is 2. The first-order valence-electron chi connectivity index (χ1n) is 5.74. The van der Waals surface area contributed by atoms with E-state index in [2.05, 4.69) is 10.3 Å². The van der Waals surface area contributed by atoms with Crippen molar-refractivity contribution in [1.29, 1.82) is 0 Å². The molecule has 1 heterocycles. The van der Waals surface area contributed by atoms with Gasteiger partial charge in [0, 0.05) is 24.6 Å². The van der Waals surface area contributed by atoms with Crippen LogP contribution in [0.5, 0.6) is 0 Å². The first kappa shape index (κ1) is 12.5. The van der Waals surface area contributed by atoms with E-state index in [-0.39, 0.29) is 0 Å². The minimum absolute atomic E-state index is 0.679. The third kappa shape index (κ3) is 3.29. The molecule has 1 aromatic carbocycles. The number of hydrogen-bond acceptors (Lipinski definition) is 2. The molecule has 0 radical (unpaired) electrons. The Balaban J connectivity index is 2.05. The molecular formula is C13H15F2N3. The van der Waals surface area contributed by atoms with Crippen LogP contribution < -0.4 is 5.32 Å². The second-order valence-corrected chi connectivity index (χ2v) is 4.20. The maximum Gasteiger partial charge on any atom is 0.258 e. The van der Waals surface area contributed by atoms with Crippen LogP contribution in [0.2, 0.25) is 0 Å². The molecule has 1 atom stereocenters. The van der Waals surface area contributed by atoms with Crippen molar-refractivity contribution < 1.29 is 8.78 Å². The fourth-order valence-corrected chi connectivity index (χ4v) is 1.68. The number of benzene rings is 1. The Kier molecular flexibility index (Phi) is 3.92. The predicted molar refractivity (Wildman–Crippen MR) is 66.9 cm³/mol. The molecule has 3 nitrogen and oxygen atoms in total. The second kappa shape index (κ2) is 5.62. The molecule has 0 saturated heterocycles. The fraction of sp³-hybridized carbons (Fsp3) is 0.308.